The summed E-state index contributed by atoms with van der Waals surface area (Å²) >= 11 is 0. The molecule has 0 N–H and O–H groups in total. The Morgan fingerprint density at radius 3 is 1.52 bits per heavy atom. The van der Waals surface area contributed by atoms with Crippen molar-refractivity contribution in [2.24, 2.45) is 0 Å². The normalized spacial score (nSPS) is 9.81. The standard InChI is InChI=1S/C16H14BO4/c1-11(18)13-7-3-5-9-15(13)20-17-21-16-10-6-4-8-14(16)12(2)19/h3-10H,1-2H3. The summed E-state index contributed by atoms with van der Waals surface area (Å²) in [6.45, 7) is 2.93. The summed E-state index contributed by atoms with van der Waals surface area (Å²) in [7, 11) is 1.11. The predicted octanol–water partition coefficient (Wildman–Crippen LogP) is 3.08. The van der Waals surface area contributed by atoms with Crippen LogP contribution in [0.5, 0.6) is 11.5 Å². The Balaban J connectivity index is 2.06. The fourth-order valence-electron chi connectivity index (χ4n) is 1.85. The minimum absolute atomic E-state index is 0.0943. The molecule has 0 aliphatic carbocycles. The Bertz CT molecular complexity index is 609. The number of ketones is 2. The van der Waals surface area contributed by atoms with Crippen LogP contribution < -0.4 is 9.31 Å². The summed E-state index contributed by atoms with van der Waals surface area (Å²) in [6, 6.07) is 13.7. The van der Waals surface area contributed by atoms with E-state index in [1.165, 1.54) is 13.8 Å². The molecular weight excluding hydrogens is 267 g/mol. The summed E-state index contributed by atoms with van der Waals surface area (Å²) in [5.41, 5.74) is 0.939. The molecule has 0 saturated carbocycles. The summed E-state index contributed by atoms with van der Waals surface area (Å²) in [6.07, 6.45) is 0. The van der Waals surface area contributed by atoms with Gasteiger partial charge in [-0.05, 0) is 38.1 Å². The predicted molar refractivity (Wildman–Crippen MR) is 79.9 cm³/mol. The number of carbonyl (C=O) groups is 2. The highest BCUT2D eigenvalue weighted by molar-refractivity contribution is 6.21. The van der Waals surface area contributed by atoms with Gasteiger partial charge in [-0.15, -0.1) is 0 Å². The summed E-state index contributed by atoms with van der Waals surface area (Å²) < 4.78 is 10.7. The first-order chi connectivity index (χ1) is 10.1. The number of rotatable bonds is 6. The minimum Gasteiger partial charge on any atom is -0.526 e. The van der Waals surface area contributed by atoms with Gasteiger partial charge >= 0.3 is 7.69 Å². The van der Waals surface area contributed by atoms with Gasteiger partial charge < -0.3 is 9.31 Å². The number of benzene rings is 2. The van der Waals surface area contributed by atoms with E-state index in [0.717, 1.165) is 7.69 Å². The first-order valence-electron chi connectivity index (χ1n) is 6.44. The molecule has 0 unspecified atom stereocenters. The average Bonchev–Trinajstić information content (AvgIpc) is 2.48. The third-order valence-electron chi connectivity index (χ3n) is 2.88. The number of Topliss-reactive ketones (excluding diaryl/α,β-unsaturated/α-hetero) is 2. The molecule has 0 aliphatic heterocycles. The maximum absolute atomic E-state index is 11.5. The van der Waals surface area contributed by atoms with E-state index in [2.05, 4.69) is 0 Å². The number of hydrogen-bond acceptors (Lipinski definition) is 4. The molecule has 105 valence electrons. The second kappa shape index (κ2) is 6.75. The molecule has 5 heteroatoms. The molecule has 21 heavy (non-hydrogen) atoms. The van der Waals surface area contributed by atoms with Crippen LogP contribution in [0.25, 0.3) is 0 Å². The first-order valence-corrected chi connectivity index (χ1v) is 6.44. The smallest absolute Gasteiger partial charge is 0.526 e. The van der Waals surface area contributed by atoms with Crippen LogP contribution >= 0.6 is 0 Å². The molecule has 0 aromatic heterocycles. The van der Waals surface area contributed by atoms with E-state index in [1.54, 1.807) is 48.5 Å². The van der Waals surface area contributed by atoms with E-state index in [-0.39, 0.29) is 11.6 Å². The fraction of sp³-hybridized carbons (Fsp3) is 0.125. The Kier molecular flexibility index (Phi) is 4.77. The quantitative estimate of drug-likeness (QED) is 0.603. The lowest BCUT2D eigenvalue weighted by Gasteiger charge is -2.11. The highest BCUT2D eigenvalue weighted by Gasteiger charge is 2.12. The summed E-state index contributed by atoms with van der Waals surface area (Å²) in [5, 5.41) is 0. The molecule has 1 radical (unpaired) electrons. The monoisotopic (exact) mass is 281 g/mol. The van der Waals surface area contributed by atoms with E-state index < -0.39 is 0 Å². The maximum Gasteiger partial charge on any atom is 0.658 e. The zero-order chi connectivity index (χ0) is 15.2. The first kappa shape index (κ1) is 14.8. The molecule has 0 atom stereocenters. The van der Waals surface area contributed by atoms with Crippen LogP contribution in [0, 0.1) is 0 Å². The second-order valence-corrected chi connectivity index (χ2v) is 4.44. The molecule has 2 aromatic rings. The van der Waals surface area contributed by atoms with Gasteiger partial charge in [0.1, 0.15) is 11.5 Å². The van der Waals surface area contributed by atoms with Crippen molar-refractivity contribution < 1.29 is 18.9 Å². The minimum atomic E-state index is -0.0943. The van der Waals surface area contributed by atoms with Crippen molar-refractivity contribution in [2.45, 2.75) is 13.8 Å². The lowest BCUT2D eigenvalue weighted by Crippen LogP contribution is -2.14. The third-order valence-corrected chi connectivity index (χ3v) is 2.88. The van der Waals surface area contributed by atoms with Crippen LogP contribution in [0.1, 0.15) is 34.6 Å². The van der Waals surface area contributed by atoms with Gasteiger partial charge in [-0.25, -0.2) is 0 Å². The molecule has 0 amide bonds. The molecule has 0 fully saturated rings. The zero-order valence-corrected chi connectivity index (χ0v) is 11.8. The largest absolute Gasteiger partial charge is 0.658 e. The number of carbonyl (C=O) groups excluding carboxylic acids is 2. The van der Waals surface area contributed by atoms with E-state index in [1.807, 2.05) is 0 Å². The van der Waals surface area contributed by atoms with Gasteiger partial charge in [-0.3, -0.25) is 9.59 Å². The SMILES string of the molecule is CC(=O)c1ccccc1O[B]Oc1ccccc1C(C)=O. The molecule has 0 aliphatic rings. The van der Waals surface area contributed by atoms with Crippen LogP contribution in [-0.2, 0) is 0 Å². The van der Waals surface area contributed by atoms with E-state index in [0.29, 0.717) is 22.6 Å². The van der Waals surface area contributed by atoms with Crippen molar-refractivity contribution in [1.29, 1.82) is 0 Å². The molecule has 4 nitrogen and oxygen atoms in total. The van der Waals surface area contributed by atoms with Gasteiger partial charge in [0.2, 0.25) is 0 Å². The maximum atomic E-state index is 11.5. The van der Waals surface area contributed by atoms with Crippen molar-refractivity contribution in [1.82, 2.24) is 0 Å². The van der Waals surface area contributed by atoms with Gasteiger partial charge in [0.05, 0.1) is 11.1 Å². The van der Waals surface area contributed by atoms with Crippen LogP contribution in [0.15, 0.2) is 48.5 Å². The van der Waals surface area contributed by atoms with Gasteiger partial charge in [0, 0.05) is 0 Å². The second-order valence-electron chi connectivity index (χ2n) is 4.44. The number of para-hydroxylation sites is 2. The molecule has 0 heterocycles. The summed E-state index contributed by atoms with van der Waals surface area (Å²) in [5.74, 6) is 0.627. The highest BCUT2D eigenvalue weighted by Crippen LogP contribution is 2.20. The van der Waals surface area contributed by atoms with Gasteiger partial charge in [-0.2, -0.15) is 0 Å². The summed E-state index contributed by atoms with van der Waals surface area (Å²) in [4.78, 5) is 22.9. The molecule has 0 saturated heterocycles. The van der Waals surface area contributed by atoms with Crippen LogP contribution in [-0.4, -0.2) is 19.3 Å². The van der Waals surface area contributed by atoms with Crippen molar-refractivity contribution in [3.05, 3.63) is 59.7 Å². The van der Waals surface area contributed by atoms with E-state index in [9.17, 15) is 9.59 Å². The van der Waals surface area contributed by atoms with E-state index in [4.69, 9.17) is 9.31 Å². The molecule has 0 bridgehead atoms. The molecule has 2 rings (SSSR count). The van der Waals surface area contributed by atoms with Gasteiger partial charge in [0.25, 0.3) is 0 Å². The molecular formula is C16H14BO4. The number of hydrogen-bond donors (Lipinski definition) is 0. The Hall–Kier alpha value is -2.56. The lowest BCUT2D eigenvalue weighted by molar-refractivity contribution is 0.100. The van der Waals surface area contributed by atoms with Gasteiger partial charge in [-0.1, -0.05) is 24.3 Å². The lowest BCUT2D eigenvalue weighted by atomic mass is 10.1. The van der Waals surface area contributed by atoms with Crippen molar-refractivity contribution in [2.75, 3.05) is 0 Å². The highest BCUT2D eigenvalue weighted by atomic mass is 16.6. The Morgan fingerprint density at radius 1 is 0.762 bits per heavy atom. The average molecular weight is 281 g/mol. The Labute approximate surface area is 124 Å². The van der Waals surface area contributed by atoms with Crippen molar-refractivity contribution >= 4 is 19.3 Å². The van der Waals surface area contributed by atoms with Crippen LogP contribution in [0.4, 0.5) is 0 Å². The fourth-order valence-corrected chi connectivity index (χ4v) is 1.85. The third kappa shape index (κ3) is 3.72. The van der Waals surface area contributed by atoms with Crippen molar-refractivity contribution in [3.63, 3.8) is 0 Å². The molecule has 2 aromatic carbocycles. The van der Waals surface area contributed by atoms with Gasteiger partial charge in [0.15, 0.2) is 11.6 Å². The van der Waals surface area contributed by atoms with Crippen LogP contribution in [0.3, 0.4) is 0 Å². The Morgan fingerprint density at radius 2 is 1.14 bits per heavy atom. The molecule has 0 spiro atoms. The topological polar surface area (TPSA) is 52.6 Å². The van der Waals surface area contributed by atoms with Crippen molar-refractivity contribution in [3.8, 4) is 11.5 Å². The van der Waals surface area contributed by atoms with Crippen LogP contribution in [0.2, 0.25) is 0 Å². The van der Waals surface area contributed by atoms with E-state index >= 15 is 0 Å². The zero-order valence-electron chi connectivity index (χ0n) is 11.8.